The maximum Gasteiger partial charge on any atom is 0.138 e. The monoisotopic (exact) mass is 348 g/mol. The van der Waals surface area contributed by atoms with E-state index >= 15 is 0 Å². The van der Waals surface area contributed by atoms with Gasteiger partial charge < -0.3 is 19.0 Å². The summed E-state index contributed by atoms with van der Waals surface area (Å²) in [6, 6.07) is 7.32. The number of para-hydroxylation sites is 1. The Labute approximate surface area is 126 Å². The van der Waals surface area contributed by atoms with E-state index in [1.165, 1.54) is 0 Å². The predicted octanol–water partition coefficient (Wildman–Crippen LogP) is 2.70. The molecule has 1 rings (SSSR count). The zero-order valence-electron chi connectivity index (χ0n) is 11.1. The highest BCUT2D eigenvalue weighted by atomic mass is 79.9. The van der Waals surface area contributed by atoms with E-state index < -0.39 is 6.67 Å². The molecule has 112 valence electrons. The van der Waals surface area contributed by atoms with Crippen molar-refractivity contribution < 1.29 is 23.4 Å². The van der Waals surface area contributed by atoms with Gasteiger partial charge >= 0.3 is 0 Å². The molecule has 0 aliphatic heterocycles. The highest BCUT2D eigenvalue weighted by Gasteiger charge is 2.11. The molecule has 1 unspecified atom stereocenters. The van der Waals surface area contributed by atoms with Gasteiger partial charge in [0.1, 0.15) is 25.3 Å². The normalized spacial score (nSPS) is 12.1. The Morgan fingerprint density at radius 1 is 1.10 bits per heavy atom. The van der Waals surface area contributed by atoms with E-state index in [4.69, 9.17) is 14.2 Å². The SMILES string of the molecule is O=CC(Br)c1ccccc1OCCOCCOCCF. The Balaban J connectivity index is 2.23. The van der Waals surface area contributed by atoms with Crippen molar-refractivity contribution in [3.05, 3.63) is 29.8 Å². The summed E-state index contributed by atoms with van der Waals surface area (Å²) >= 11 is 3.27. The van der Waals surface area contributed by atoms with Crippen molar-refractivity contribution in [2.75, 3.05) is 39.7 Å². The number of ether oxygens (including phenoxy) is 3. The van der Waals surface area contributed by atoms with Crippen molar-refractivity contribution in [3.8, 4) is 5.75 Å². The molecule has 0 aliphatic carbocycles. The minimum Gasteiger partial charge on any atom is -0.491 e. The van der Waals surface area contributed by atoms with Crippen LogP contribution < -0.4 is 4.74 Å². The largest absolute Gasteiger partial charge is 0.491 e. The molecule has 0 bridgehead atoms. The maximum atomic E-state index is 11.7. The average Bonchev–Trinajstić information content (AvgIpc) is 2.49. The molecule has 0 radical (unpaired) electrons. The van der Waals surface area contributed by atoms with Crippen LogP contribution in [0.5, 0.6) is 5.75 Å². The number of aldehydes is 1. The lowest BCUT2D eigenvalue weighted by molar-refractivity contribution is -0.107. The Morgan fingerprint density at radius 2 is 1.75 bits per heavy atom. The number of carbonyl (C=O) groups is 1. The van der Waals surface area contributed by atoms with Gasteiger partial charge in [-0.2, -0.15) is 0 Å². The second-order valence-electron chi connectivity index (χ2n) is 3.84. The van der Waals surface area contributed by atoms with Crippen LogP contribution in [0.15, 0.2) is 24.3 Å². The second-order valence-corrected chi connectivity index (χ2v) is 4.82. The van der Waals surface area contributed by atoms with Gasteiger partial charge in [-0.25, -0.2) is 4.39 Å². The highest BCUT2D eigenvalue weighted by molar-refractivity contribution is 9.09. The van der Waals surface area contributed by atoms with Crippen molar-refractivity contribution in [2.45, 2.75) is 4.83 Å². The first-order valence-electron chi connectivity index (χ1n) is 6.32. The number of carbonyl (C=O) groups excluding carboxylic acids is 1. The van der Waals surface area contributed by atoms with Crippen molar-refractivity contribution in [1.29, 1.82) is 0 Å². The van der Waals surface area contributed by atoms with Crippen molar-refractivity contribution in [3.63, 3.8) is 0 Å². The first kappa shape index (κ1) is 17.1. The van der Waals surface area contributed by atoms with Crippen molar-refractivity contribution in [2.24, 2.45) is 0 Å². The molecule has 0 fully saturated rings. The third-order valence-corrected chi connectivity index (χ3v) is 3.12. The van der Waals surface area contributed by atoms with Crippen LogP contribution in [0.3, 0.4) is 0 Å². The fraction of sp³-hybridized carbons (Fsp3) is 0.500. The summed E-state index contributed by atoms with van der Waals surface area (Å²) in [4.78, 5) is 10.4. The van der Waals surface area contributed by atoms with Crippen LogP contribution >= 0.6 is 15.9 Å². The molecule has 0 saturated heterocycles. The first-order valence-corrected chi connectivity index (χ1v) is 7.23. The van der Waals surface area contributed by atoms with Gasteiger partial charge in [0, 0.05) is 5.56 Å². The Bertz CT molecular complexity index is 389. The molecule has 1 aromatic carbocycles. The van der Waals surface area contributed by atoms with Crippen LogP contribution in [0.4, 0.5) is 4.39 Å². The molecule has 1 aromatic rings. The van der Waals surface area contributed by atoms with Gasteiger partial charge in [-0.05, 0) is 6.07 Å². The summed E-state index contributed by atoms with van der Waals surface area (Å²) in [5.74, 6) is 0.652. The zero-order valence-corrected chi connectivity index (χ0v) is 12.7. The fourth-order valence-corrected chi connectivity index (χ4v) is 1.88. The molecule has 0 heterocycles. The van der Waals surface area contributed by atoms with E-state index in [2.05, 4.69) is 15.9 Å². The van der Waals surface area contributed by atoms with Gasteiger partial charge in [-0.15, -0.1) is 0 Å². The molecular weight excluding hydrogens is 331 g/mol. The van der Waals surface area contributed by atoms with E-state index in [0.29, 0.717) is 32.2 Å². The van der Waals surface area contributed by atoms with Gasteiger partial charge in [0.15, 0.2) is 0 Å². The minimum absolute atomic E-state index is 0.103. The molecule has 0 aromatic heterocycles. The van der Waals surface area contributed by atoms with Crippen LogP contribution in [0, 0.1) is 0 Å². The standard InChI is InChI=1S/C14H18BrFO4/c15-13(11-17)12-3-1-2-4-14(12)20-10-9-19-8-7-18-6-5-16/h1-4,11,13H,5-10H2. The number of benzene rings is 1. The molecule has 0 saturated carbocycles. The number of rotatable bonds is 11. The average molecular weight is 349 g/mol. The highest BCUT2D eigenvalue weighted by Crippen LogP contribution is 2.29. The summed E-state index contributed by atoms with van der Waals surface area (Å²) in [5.41, 5.74) is 0.786. The molecule has 0 aliphatic rings. The van der Waals surface area contributed by atoms with E-state index in [1.807, 2.05) is 18.2 Å². The predicted molar refractivity (Wildman–Crippen MR) is 77.3 cm³/mol. The molecule has 0 N–H and O–H groups in total. The smallest absolute Gasteiger partial charge is 0.138 e. The molecular formula is C14H18BrFO4. The molecule has 0 amide bonds. The van der Waals surface area contributed by atoms with Crippen molar-refractivity contribution >= 4 is 22.2 Å². The van der Waals surface area contributed by atoms with Gasteiger partial charge in [-0.1, -0.05) is 34.1 Å². The lowest BCUT2D eigenvalue weighted by Crippen LogP contribution is -2.12. The molecule has 0 spiro atoms. The lowest BCUT2D eigenvalue weighted by Gasteiger charge is -2.12. The third kappa shape index (κ3) is 6.45. The van der Waals surface area contributed by atoms with Crippen LogP contribution in [0.1, 0.15) is 10.4 Å². The quantitative estimate of drug-likeness (QED) is 0.350. The van der Waals surface area contributed by atoms with Crippen LogP contribution in [-0.4, -0.2) is 46.0 Å². The molecule has 6 heteroatoms. The Kier molecular flexibility index (Phi) is 9.19. The molecule has 4 nitrogen and oxygen atoms in total. The second kappa shape index (κ2) is 10.8. The van der Waals surface area contributed by atoms with Gasteiger partial charge in [0.2, 0.25) is 0 Å². The number of halogens is 2. The number of hydrogen-bond acceptors (Lipinski definition) is 4. The number of hydrogen-bond donors (Lipinski definition) is 0. The molecule has 1 atom stereocenters. The van der Waals surface area contributed by atoms with Crippen LogP contribution in [0.2, 0.25) is 0 Å². The summed E-state index contributed by atoms with van der Waals surface area (Å²) in [5, 5.41) is 0. The summed E-state index contributed by atoms with van der Waals surface area (Å²) in [6.45, 7) is 1.17. The summed E-state index contributed by atoms with van der Waals surface area (Å²) < 4.78 is 27.5. The first-order chi connectivity index (χ1) is 9.79. The topological polar surface area (TPSA) is 44.8 Å². The number of alkyl halides is 2. The zero-order chi connectivity index (χ0) is 14.6. The minimum atomic E-state index is -0.482. The lowest BCUT2D eigenvalue weighted by atomic mass is 10.1. The van der Waals surface area contributed by atoms with Crippen LogP contribution in [0.25, 0.3) is 0 Å². The van der Waals surface area contributed by atoms with Gasteiger partial charge in [-0.3, -0.25) is 0 Å². The maximum absolute atomic E-state index is 11.7. The van der Waals surface area contributed by atoms with E-state index in [0.717, 1.165) is 11.8 Å². The van der Waals surface area contributed by atoms with E-state index in [-0.39, 0.29) is 11.4 Å². The van der Waals surface area contributed by atoms with Gasteiger partial charge in [0.05, 0.1) is 31.3 Å². The third-order valence-electron chi connectivity index (χ3n) is 2.41. The fourth-order valence-electron chi connectivity index (χ4n) is 1.50. The van der Waals surface area contributed by atoms with Crippen molar-refractivity contribution in [1.82, 2.24) is 0 Å². The van der Waals surface area contributed by atoms with Crippen LogP contribution in [-0.2, 0) is 14.3 Å². The summed E-state index contributed by atoms with van der Waals surface area (Å²) in [7, 11) is 0. The summed E-state index contributed by atoms with van der Waals surface area (Å²) in [6.07, 6.45) is 0.806. The Morgan fingerprint density at radius 3 is 2.45 bits per heavy atom. The Hall–Kier alpha value is -0.980. The van der Waals surface area contributed by atoms with Gasteiger partial charge in [0.25, 0.3) is 0 Å². The van der Waals surface area contributed by atoms with E-state index in [9.17, 15) is 9.18 Å². The van der Waals surface area contributed by atoms with E-state index in [1.54, 1.807) is 6.07 Å². The molecule has 20 heavy (non-hydrogen) atoms.